The summed E-state index contributed by atoms with van der Waals surface area (Å²) in [6.45, 7) is 4.98. The van der Waals surface area contributed by atoms with Crippen LogP contribution in [0.3, 0.4) is 0 Å². The van der Waals surface area contributed by atoms with E-state index in [1.54, 1.807) is 0 Å². The summed E-state index contributed by atoms with van der Waals surface area (Å²) in [6.07, 6.45) is 11.1. The minimum Gasteiger partial charge on any atom is -0.478 e. The van der Waals surface area contributed by atoms with Gasteiger partial charge >= 0.3 is 11.9 Å². The Bertz CT molecular complexity index is 505. The summed E-state index contributed by atoms with van der Waals surface area (Å²) in [6, 6.07) is 5.82. The second-order valence-corrected chi connectivity index (χ2v) is 7.03. The van der Waals surface area contributed by atoms with Crippen molar-refractivity contribution in [2.24, 2.45) is 5.92 Å². The van der Waals surface area contributed by atoms with E-state index < -0.39 is 5.97 Å². The number of rotatable bonds is 13. The first-order valence-electron chi connectivity index (χ1n) is 9.51. The van der Waals surface area contributed by atoms with Gasteiger partial charge in [-0.1, -0.05) is 65.2 Å². The maximum absolute atomic E-state index is 11.8. The zero-order valence-corrected chi connectivity index (χ0v) is 15.6. The number of carboxylic acids is 1. The number of hydrogen-bond donors (Lipinski definition) is 1. The molecule has 1 rings (SSSR count). The number of hydrogen-bond acceptors (Lipinski definition) is 3. The summed E-state index contributed by atoms with van der Waals surface area (Å²) in [5, 5.41) is 8.82. The molecule has 0 saturated heterocycles. The van der Waals surface area contributed by atoms with E-state index in [2.05, 4.69) is 13.8 Å². The maximum atomic E-state index is 11.8. The Kier molecular flexibility index (Phi) is 10.6. The van der Waals surface area contributed by atoms with Gasteiger partial charge in [-0.05, 0) is 36.6 Å². The first kappa shape index (κ1) is 21.2. The van der Waals surface area contributed by atoms with Gasteiger partial charge in [0.05, 0.1) is 17.7 Å². The van der Waals surface area contributed by atoms with Crippen molar-refractivity contribution < 1.29 is 19.4 Å². The molecule has 0 aliphatic heterocycles. The van der Waals surface area contributed by atoms with E-state index in [0.717, 1.165) is 18.8 Å². The third-order valence-corrected chi connectivity index (χ3v) is 4.28. The lowest BCUT2D eigenvalue weighted by atomic mass is 10.0. The molecule has 0 aromatic heterocycles. The largest absolute Gasteiger partial charge is 0.478 e. The third kappa shape index (κ3) is 9.90. The summed E-state index contributed by atoms with van der Waals surface area (Å²) in [4.78, 5) is 22.6. The number of unbranched alkanes of at least 4 members (excludes halogenated alkanes) is 7. The maximum Gasteiger partial charge on any atom is 0.338 e. The number of ether oxygens (including phenoxy) is 1. The highest BCUT2D eigenvalue weighted by Crippen LogP contribution is 2.13. The van der Waals surface area contributed by atoms with E-state index >= 15 is 0 Å². The number of esters is 1. The third-order valence-electron chi connectivity index (χ3n) is 4.28. The van der Waals surface area contributed by atoms with E-state index in [4.69, 9.17) is 9.84 Å². The van der Waals surface area contributed by atoms with Gasteiger partial charge in [0, 0.05) is 0 Å². The van der Waals surface area contributed by atoms with Crippen LogP contribution in [0.4, 0.5) is 0 Å². The van der Waals surface area contributed by atoms with E-state index in [1.807, 2.05) is 0 Å². The second-order valence-electron chi connectivity index (χ2n) is 7.03. The minimum atomic E-state index is -1.00. The molecule has 0 spiro atoms. The number of carboxylic acid groups (broad SMARTS) is 1. The molecule has 0 radical (unpaired) electrons. The summed E-state index contributed by atoms with van der Waals surface area (Å²) in [5.74, 6) is -0.570. The molecule has 4 heteroatoms. The van der Waals surface area contributed by atoms with Crippen LogP contribution in [-0.4, -0.2) is 23.7 Å². The molecule has 0 saturated carbocycles. The summed E-state index contributed by atoms with van der Waals surface area (Å²) >= 11 is 0. The molecule has 0 fully saturated rings. The number of aromatic carboxylic acids is 1. The van der Waals surface area contributed by atoms with Gasteiger partial charge in [0.2, 0.25) is 0 Å². The lowest BCUT2D eigenvalue weighted by Gasteiger charge is -2.06. The number of benzene rings is 1. The molecule has 0 unspecified atom stereocenters. The average molecular weight is 348 g/mol. The highest BCUT2D eigenvalue weighted by molar-refractivity contribution is 5.92. The molecule has 0 heterocycles. The van der Waals surface area contributed by atoms with E-state index in [1.165, 1.54) is 69.2 Å². The zero-order valence-electron chi connectivity index (χ0n) is 15.6. The van der Waals surface area contributed by atoms with Crippen LogP contribution in [0.15, 0.2) is 24.3 Å². The molecule has 1 aromatic carbocycles. The van der Waals surface area contributed by atoms with E-state index in [9.17, 15) is 9.59 Å². The van der Waals surface area contributed by atoms with Gasteiger partial charge in [-0.15, -0.1) is 0 Å². The molecule has 0 atom stereocenters. The minimum absolute atomic E-state index is 0.167. The van der Waals surface area contributed by atoms with Gasteiger partial charge in [0.1, 0.15) is 0 Å². The fourth-order valence-electron chi connectivity index (χ4n) is 2.71. The summed E-state index contributed by atoms with van der Waals surface area (Å²) in [5.41, 5.74) is 0.562. The lowest BCUT2D eigenvalue weighted by molar-refractivity contribution is 0.0496. The van der Waals surface area contributed by atoms with Gasteiger partial charge in [0.25, 0.3) is 0 Å². The molecule has 0 amide bonds. The number of carbonyl (C=O) groups is 2. The van der Waals surface area contributed by atoms with Crippen molar-refractivity contribution in [1.29, 1.82) is 0 Å². The van der Waals surface area contributed by atoms with Crippen molar-refractivity contribution in [3.63, 3.8) is 0 Å². The Labute approximate surface area is 151 Å². The smallest absolute Gasteiger partial charge is 0.338 e. The molecule has 1 aromatic rings. The van der Waals surface area contributed by atoms with Crippen molar-refractivity contribution in [2.45, 2.75) is 71.6 Å². The summed E-state index contributed by atoms with van der Waals surface area (Å²) in [7, 11) is 0. The van der Waals surface area contributed by atoms with Gasteiger partial charge < -0.3 is 9.84 Å². The van der Waals surface area contributed by atoms with Gasteiger partial charge in [-0.25, -0.2) is 9.59 Å². The van der Waals surface area contributed by atoms with E-state index in [-0.39, 0.29) is 11.5 Å². The van der Waals surface area contributed by atoms with Crippen molar-refractivity contribution in [2.75, 3.05) is 6.61 Å². The van der Waals surface area contributed by atoms with Crippen molar-refractivity contribution in [3.8, 4) is 0 Å². The Hall–Kier alpha value is -1.84. The van der Waals surface area contributed by atoms with Crippen molar-refractivity contribution >= 4 is 11.9 Å². The van der Waals surface area contributed by atoms with Crippen LogP contribution in [-0.2, 0) is 4.74 Å². The van der Waals surface area contributed by atoms with Gasteiger partial charge in [-0.3, -0.25) is 0 Å². The standard InChI is InChI=1S/C21H32O4/c1-17(2)11-9-7-5-3-4-6-8-10-16-25-21(24)19-14-12-18(13-15-19)20(22)23/h12-15,17H,3-11,16H2,1-2H3,(H,22,23). The van der Waals surface area contributed by atoms with Crippen LogP contribution in [0.5, 0.6) is 0 Å². The zero-order chi connectivity index (χ0) is 18.5. The Morgan fingerprint density at radius 3 is 1.84 bits per heavy atom. The Morgan fingerprint density at radius 2 is 1.32 bits per heavy atom. The molecule has 25 heavy (non-hydrogen) atoms. The first-order chi connectivity index (χ1) is 12.0. The monoisotopic (exact) mass is 348 g/mol. The Morgan fingerprint density at radius 1 is 0.840 bits per heavy atom. The highest BCUT2D eigenvalue weighted by atomic mass is 16.5. The molecule has 0 aliphatic rings. The van der Waals surface area contributed by atoms with Crippen LogP contribution >= 0.6 is 0 Å². The van der Waals surface area contributed by atoms with Crippen molar-refractivity contribution in [1.82, 2.24) is 0 Å². The normalized spacial score (nSPS) is 10.8. The molecule has 140 valence electrons. The molecular weight excluding hydrogens is 316 g/mol. The van der Waals surface area contributed by atoms with Gasteiger partial charge in [-0.2, -0.15) is 0 Å². The van der Waals surface area contributed by atoms with Crippen LogP contribution in [0.2, 0.25) is 0 Å². The average Bonchev–Trinajstić information content (AvgIpc) is 2.59. The predicted octanol–water partition coefficient (Wildman–Crippen LogP) is 5.71. The van der Waals surface area contributed by atoms with Gasteiger partial charge in [0.15, 0.2) is 0 Å². The molecule has 0 bridgehead atoms. The van der Waals surface area contributed by atoms with Crippen LogP contribution < -0.4 is 0 Å². The topological polar surface area (TPSA) is 63.6 Å². The predicted molar refractivity (Wildman–Crippen MR) is 100 cm³/mol. The lowest BCUT2D eigenvalue weighted by Crippen LogP contribution is -2.07. The van der Waals surface area contributed by atoms with E-state index in [0.29, 0.717) is 12.2 Å². The fraction of sp³-hybridized carbons (Fsp3) is 0.619. The van der Waals surface area contributed by atoms with Crippen molar-refractivity contribution in [3.05, 3.63) is 35.4 Å². The molecule has 0 aliphatic carbocycles. The fourth-order valence-corrected chi connectivity index (χ4v) is 2.71. The van der Waals surface area contributed by atoms with Crippen LogP contribution in [0.25, 0.3) is 0 Å². The SMILES string of the molecule is CC(C)CCCCCCCCCCOC(=O)c1ccc(C(=O)O)cc1. The molecular formula is C21H32O4. The quantitative estimate of drug-likeness (QED) is 0.366. The molecule has 4 nitrogen and oxygen atoms in total. The Balaban J connectivity index is 2.00. The highest BCUT2D eigenvalue weighted by Gasteiger charge is 2.08. The van der Waals surface area contributed by atoms with Crippen LogP contribution in [0, 0.1) is 5.92 Å². The van der Waals surface area contributed by atoms with Crippen LogP contribution in [0.1, 0.15) is 92.4 Å². The first-order valence-corrected chi connectivity index (χ1v) is 9.51. The second kappa shape index (κ2) is 12.5. The number of carbonyl (C=O) groups excluding carboxylic acids is 1. The summed E-state index contributed by atoms with van der Waals surface area (Å²) < 4.78 is 5.22. The molecule has 1 N–H and O–H groups in total.